The molecule has 6 nitrogen and oxygen atoms in total. The lowest BCUT2D eigenvalue weighted by Gasteiger charge is -2.13. The summed E-state index contributed by atoms with van der Waals surface area (Å²) in [5, 5.41) is 2.91. The second-order valence-electron chi connectivity index (χ2n) is 7.04. The largest absolute Gasteiger partial charge is 0.496 e. The molecule has 0 aromatic heterocycles. The molecule has 3 rings (SSSR count). The lowest BCUT2D eigenvalue weighted by atomic mass is 10.1. The molecule has 0 saturated carbocycles. The Bertz CT molecular complexity index is 1230. The minimum absolute atomic E-state index is 0.0578. The first-order chi connectivity index (χ1) is 14.7. The van der Waals surface area contributed by atoms with Crippen LogP contribution in [-0.4, -0.2) is 21.4 Å². The summed E-state index contributed by atoms with van der Waals surface area (Å²) in [7, 11) is -2.35. The number of carbonyl (C=O) groups excluding carboxylic acids is 1. The molecule has 0 spiro atoms. The van der Waals surface area contributed by atoms with Gasteiger partial charge in [-0.15, -0.1) is 0 Å². The van der Waals surface area contributed by atoms with E-state index in [-0.39, 0.29) is 22.0 Å². The van der Waals surface area contributed by atoms with Gasteiger partial charge in [0, 0.05) is 17.8 Å². The van der Waals surface area contributed by atoms with E-state index >= 15 is 0 Å². The Morgan fingerprint density at radius 2 is 1.74 bits per heavy atom. The summed E-state index contributed by atoms with van der Waals surface area (Å²) < 4.78 is 33.5. The molecule has 0 atom stereocenters. The summed E-state index contributed by atoms with van der Waals surface area (Å²) in [6.07, 6.45) is 0. The van der Waals surface area contributed by atoms with Gasteiger partial charge in [0.15, 0.2) is 0 Å². The van der Waals surface area contributed by atoms with Gasteiger partial charge in [-0.05, 0) is 61.4 Å². The molecule has 0 fully saturated rings. The summed E-state index contributed by atoms with van der Waals surface area (Å²) in [4.78, 5) is 12.6. The van der Waals surface area contributed by atoms with E-state index in [0.717, 1.165) is 16.7 Å². The van der Waals surface area contributed by atoms with E-state index < -0.39 is 15.9 Å². The maximum atomic E-state index is 12.8. The molecule has 1 amide bonds. The number of sulfonamides is 1. The summed E-state index contributed by atoms with van der Waals surface area (Å²) in [6, 6.07) is 16.6. The predicted molar refractivity (Wildman–Crippen MR) is 122 cm³/mol. The number of ether oxygens (including phenoxy) is 1. The van der Waals surface area contributed by atoms with Crippen LogP contribution in [0.25, 0.3) is 0 Å². The maximum Gasteiger partial charge on any atom is 0.261 e. The molecule has 2 N–H and O–H groups in total. The van der Waals surface area contributed by atoms with Crippen LogP contribution in [0.5, 0.6) is 5.75 Å². The normalized spacial score (nSPS) is 11.1. The van der Waals surface area contributed by atoms with Crippen LogP contribution >= 0.6 is 11.6 Å². The summed E-state index contributed by atoms with van der Waals surface area (Å²) in [5.74, 6) is 0.155. The Morgan fingerprint density at radius 1 is 1.00 bits per heavy atom. The Kier molecular flexibility index (Phi) is 6.87. The van der Waals surface area contributed by atoms with Gasteiger partial charge in [-0.3, -0.25) is 9.52 Å². The zero-order valence-electron chi connectivity index (χ0n) is 17.4. The number of amides is 1. The molecule has 8 heteroatoms. The van der Waals surface area contributed by atoms with Crippen molar-refractivity contribution in [3.05, 3.63) is 87.9 Å². The van der Waals surface area contributed by atoms with Crippen LogP contribution in [0.3, 0.4) is 0 Å². The molecular formula is C23H23ClN2O4S. The maximum absolute atomic E-state index is 12.8. The van der Waals surface area contributed by atoms with Gasteiger partial charge < -0.3 is 10.1 Å². The van der Waals surface area contributed by atoms with E-state index in [4.69, 9.17) is 16.3 Å². The highest BCUT2D eigenvalue weighted by Crippen LogP contribution is 2.24. The Balaban J connectivity index is 1.81. The molecule has 0 heterocycles. The van der Waals surface area contributed by atoms with Crippen molar-refractivity contribution in [3.8, 4) is 5.75 Å². The van der Waals surface area contributed by atoms with Gasteiger partial charge >= 0.3 is 0 Å². The summed E-state index contributed by atoms with van der Waals surface area (Å²) in [6.45, 7) is 4.05. The SMILES string of the molecule is COc1ccccc1CNC(=O)c1cc(S(=O)(=O)Nc2ccc(C)c(C)c2)ccc1Cl. The molecule has 31 heavy (non-hydrogen) atoms. The first-order valence-corrected chi connectivity index (χ1v) is 11.4. The number of methoxy groups -OCH3 is 1. The topological polar surface area (TPSA) is 84.5 Å². The van der Waals surface area contributed by atoms with Crippen LogP contribution in [0, 0.1) is 13.8 Å². The first-order valence-electron chi connectivity index (χ1n) is 9.51. The Morgan fingerprint density at radius 3 is 2.45 bits per heavy atom. The minimum Gasteiger partial charge on any atom is -0.496 e. The number of rotatable bonds is 7. The second kappa shape index (κ2) is 9.41. The second-order valence-corrected chi connectivity index (χ2v) is 9.13. The molecule has 0 saturated heterocycles. The van der Waals surface area contributed by atoms with Crippen molar-refractivity contribution in [1.82, 2.24) is 5.32 Å². The minimum atomic E-state index is -3.90. The standard InChI is InChI=1S/C23H23ClN2O4S/c1-15-8-9-18(12-16(15)2)26-31(28,29)19-10-11-21(24)20(13-19)23(27)25-14-17-6-4-5-7-22(17)30-3/h4-13,26H,14H2,1-3H3,(H,25,27). The molecule has 0 radical (unpaired) electrons. The fourth-order valence-corrected chi connectivity index (χ4v) is 4.26. The van der Waals surface area contributed by atoms with Crippen LogP contribution < -0.4 is 14.8 Å². The number of carbonyl (C=O) groups is 1. The molecule has 3 aromatic rings. The molecule has 3 aromatic carbocycles. The highest BCUT2D eigenvalue weighted by atomic mass is 35.5. The average Bonchev–Trinajstić information content (AvgIpc) is 2.74. The lowest BCUT2D eigenvalue weighted by molar-refractivity contribution is 0.0950. The van der Waals surface area contributed by atoms with Gasteiger partial charge in [0.2, 0.25) is 0 Å². The van der Waals surface area contributed by atoms with E-state index in [9.17, 15) is 13.2 Å². The number of benzene rings is 3. The van der Waals surface area contributed by atoms with Gasteiger partial charge in [-0.2, -0.15) is 0 Å². The third-order valence-electron chi connectivity index (χ3n) is 4.88. The number of halogens is 1. The van der Waals surface area contributed by atoms with Gasteiger partial charge in [-0.1, -0.05) is 35.9 Å². The third-order valence-corrected chi connectivity index (χ3v) is 6.59. The van der Waals surface area contributed by atoms with Crippen molar-refractivity contribution < 1.29 is 17.9 Å². The number of nitrogens with one attached hydrogen (secondary N) is 2. The van der Waals surface area contributed by atoms with Gasteiger partial charge in [0.05, 0.1) is 22.6 Å². The fourth-order valence-electron chi connectivity index (χ4n) is 2.98. The van der Waals surface area contributed by atoms with Crippen molar-refractivity contribution in [3.63, 3.8) is 0 Å². The number of anilines is 1. The van der Waals surface area contributed by atoms with Crippen LogP contribution in [0.4, 0.5) is 5.69 Å². The van der Waals surface area contributed by atoms with Crippen molar-refractivity contribution in [2.45, 2.75) is 25.3 Å². The smallest absolute Gasteiger partial charge is 0.261 e. The van der Waals surface area contributed by atoms with E-state index in [2.05, 4.69) is 10.0 Å². The van der Waals surface area contributed by atoms with Crippen molar-refractivity contribution >= 4 is 33.2 Å². The summed E-state index contributed by atoms with van der Waals surface area (Å²) >= 11 is 6.18. The monoisotopic (exact) mass is 458 g/mol. The van der Waals surface area contributed by atoms with Crippen LogP contribution in [0.15, 0.2) is 65.6 Å². The fraction of sp³-hybridized carbons (Fsp3) is 0.174. The molecule has 0 aliphatic rings. The number of para-hydroxylation sites is 1. The summed E-state index contributed by atoms with van der Waals surface area (Å²) in [5.41, 5.74) is 3.32. The predicted octanol–water partition coefficient (Wildman–Crippen LogP) is 4.70. The molecule has 0 unspecified atom stereocenters. The quantitative estimate of drug-likeness (QED) is 0.537. The molecular weight excluding hydrogens is 436 g/mol. The van der Waals surface area contributed by atoms with Crippen LogP contribution in [0.1, 0.15) is 27.0 Å². The zero-order chi connectivity index (χ0) is 22.6. The molecule has 0 bridgehead atoms. The first kappa shape index (κ1) is 22.7. The van der Waals surface area contributed by atoms with Crippen LogP contribution in [0.2, 0.25) is 5.02 Å². The molecule has 0 aliphatic heterocycles. The number of hydrogen-bond donors (Lipinski definition) is 2. The lowest BCUT2D eigenvalue weighted by Crippen LogP contribution is -2.24. The van der Waals surface area contributed by atoms with E-state index in [0.29, 0.717) is 11.4 Å². The van der Waals surface area contributed by atoms with Crippen molar-refractivity contribution in [2.75, 3.05) is 11.8 Å². The zero-order valence-corrected chi connectivity index (χ0v) is 19.0. The van der Waals surface area contributed by atoms with Crippen molar-refractivity contribution in [2.24, 2.45) is 0 Å². The van der Waals surface area contributed by atoms with Crippen molar-refractivity contribution in [1.29, 1.82) is 0 Å². The van der Waals surface area contributed by atoms with Gasteiger partial charge in [0.25, 0.3) is 15.9 Å². The van der Waals surface area contributed by atoms with Gasteiger partial charge in [-0.25, -0.2) is 8.42 Å². The number of hydrogen-bond acceptors (Lipinski definition) is 4. The third kappa shape index (κ3) is 5.37. The number of aryl methyl sites for hydroxylation is 2. The highest BCUT2D eigenvalue weighted by Gasteiger charge is 2.19. The van der Waals surface area contributed by atoms with Gasteiger partial charge in [0.1, 0.15) is 5.75 Å². The average molecular weight is 459 g/mol. The Hall–Kier alpha value is -3.03. The van der Waals surface area contributed by atoms with E-state index in [1.807, 2.05) is 38.1 Å². The Labute approximate surface area is 187 Å². The van der Waals surface area contributed by atoms with Crippen LogP contribution in [-0.2, 0) is 16.6 Å². The molecule has 0 aliphatic carbocycles. The highest BCUT2D eigenvalue weighted by molar-refractivity contribution is 7.92. The molecule has 162 valence electrons. The van der Waals surface area contributed by atoms with E-state index in [1.54, 1.807) is 25.3 Å². The van der Waals surface area contributed by atoms with E-state index in [1.165, 1.54) is 18.2 Å².